The molecule has 1 aliphatic heterocycles. The maximum atomic E-state index is 11.5. The van der Waals surface area contributed by atoms with Crippen molar-refractivity contribution in [1.82, 2.24) is 0 Å². The first-order chi connectivity index (χ1) is 13.5. The highest BCUT2D eigenvalue weighted by molar-refractivity contribution is 7.46. The number of carbonyl (C=O) groups is 1. The predicted octanol–water partition coefficient (Wildman–Crippen LogP) is 3.68. The van der Waals surface area contributed by atoms with Crippen molar-refractivity contribution in [3.8, 4) is 0 Å². The van der Waals surface area contributed by atoms with E-state index in [4.69, 9.17) is 9.26 Å². The van der Waals surface area contributed by atoms with Crippen LogP contribution in [0.4, 0.5) is 0 Å². The minimum atomic E-state index is -4.73. The normalized spacial score (nSPS) is 24.9. The number of allylic oxidation sites excluding steroid dienone is 5. The number of esters is 1. The molecular formula is C21H33O7P. The van der Waals surface area contributed by atoms with Crippen molar-refractivity contribution in [3.63, 3.8) is 0 Å². The fraction of sp³-hybridized carbons (Fsp3) is 0.571. The average Bonchev–Trinajstić information content (AvgIpc) is 2.64. The van der Waals surface area contributed by atoms with E-state index in [-0.39, 0.29) is 23.9 Å². The van der Waals surface area contributed by atoms with E-state index in [0.29, 0.717) is 12.8 Å². The summed E-state index contributed by atoms with van der Waals surface area (Å²) in [5.74, 6) is -0.917. The Bertz CT molecular complexity index is 677. The Morgan fingerprint density at radius 3 is 2.48 bits per heavy atom. The summed E-state index contributed by atoms with van der Waals surface area (Å²) < 4.78 is 21.8. The van der Waals surface area contributed by atoms with Crippen molar-refractivity contribution in [2.45, 2.75) is 58.8 Å². The molecule has 0 aromatic rings. The number of hydrogen-bond donors (Lipinski definition) is 3. The van der Waals surface area contributed by atoms with E-state index in [0.717, 1.165) is 0 Å². The van der Waals surface area contributed by atoms with Gasteiger partial charge in [-0.05, 0) is 25.7 Å². The number of phosphoric acid groups is 1. The van der Waals surface area contributed by atoms with Gasteiger partial charge in [0.25, 0.3) is 0 Å². The Kier molecular flexibility index (Phi) is 10.8. The molecule has 0 aliphatic carbocycles. The number of aliphatic hydroxyl groups is 1. The van der Waals surface area contributed by atoms with Crippen molar-refractivity contribution < 1.29 is 33.5 Å². The van der Waals surface area contributed by atoms with Crippen molar-refractivity contribution in [2.24, 2.45) is 17.8 Å². The predicted molar refractivity (Wildman–Crippen MR) is 112 cm³/mol. The van der Waals surface area contributed by atoms with Gasteiger partial charge in [-0.15, -0.1) is 0 Å². The van der Waals surface area contributed by atoms with E-state index in [2.05, 4.69) is 0 Å². The molecule has 1 heterocycles. The lowest BCUT2D eigenvalue weighted by molar-refractivity contribution is -0.149. The molecule has 7 nitrogen and oxygen atoms in total. The van der Waals surface area contributed by atoms with E-state index in [1.54, 1.807) is 37.3 Å². The van der Waals surface area contributed by atoms with E-state index in [1.807, 2.05) is 32.9 Å². The second-order valence-corrected chi connectivity index (χ2v) is 8.65. The lowest BCUT2D eigenvalue weighted by Crippen LogP contribution is -2.35. The third kappa shape index (κ3) is 9.70. The topological polar surface area (TPSA) is 113 Å². The molecule has 0 fully saturated rings. The lowest BCUT2D eigenvalue weighted by Gasteiger charge is -2.32. The largest absolute Gasteiger partial charge is 0.469 e. The molecule has 1 aliphatic rings. The van der Waals surface area contributed by atoms with E-state index in [1.165, 1.54) is 6.08 Å². The third-order valence-corrected chi connectivity index (χ3v) is 5.55. The van der Waals surface area contributed by atoms with Crippen LogP contribution in [0.1, 0.15) is 40.5 Å². The van der Waals surface area contributed by atoms with E-state index < -0.39 is 25.9 Å². The number of phosphoric ester groups is 1. The molecule has 164 valence electrons. The molecule has 0 radical (unpaired) electrons. The summed E-state index contributed by atoms with van der Waals surface area (Å²) >= 11 is 0. The fourth-order valence-electron chi connectivity index (χ4n) is 3.25. The lowest BCUT2D eigenvalue weighted by atomic mass is 9.85. The number of cyclic esters (lactones) is 1. The molecule has 0 spiro atoms. The molecule has 0 bridgehead atoms. The quantitative estimate of drug-likeness (QED) is 0.261. The van der Waals surface area contributed by atoms with Crippen molar-refractivity contribution >= 4 is 13.8 Å². The molecule has 0 aromatic heterocycles. The van der Waals surface area contributed by atoms with Gasteiger partial charge in [0.15, 0.2) is 0 Å². The van der Waals surface area contributed by atoms with Crippen LogP contribution in [0.25, 0.3) is 0 Å². The molecule has 0 amide bonds. The van der Waals surface area contributed by atoms with Crippen molar-refractivity contribution in [2.75, 3.05) is 0 Å². The zero-order chi connectivity index (χ0) is 22.0. The molecule has 1 rings (SSSR count). The van der Waals surface area contributed by atoms with Crippen molar-refractivity contribution in [3.05, 3.63) is 48.6 Å². The number of aliphatic hydroxyl groups excluding tert-OH is 1. The van der Waals surface area contributed by atoms with Crippen LogP contribution in [0.5, 0.6) is 0 Å². The Balaban J connectivity index is 2.77. The van der Waals surface area contributed by atoms with E-state index in [9.17, 15) is 24.3 Å². The summed E-state index contributed by atoms with van der Waals surface area (Å²) in [4.78, 5) is 30.1. The molecule has 0 aromatic carbocycles. The van der Waals surface area contributed by atoms with Gasteiger partial charge >= 0.3 is 13.8 Å². The van der Waals surface area contributed by atoms with Gasteiger partial charge in [0.2, 0.25) is 0 Å². The maximum absolute atomic E-state index is 11.5. The molecule has 3 N–H and O–H groups in total. The summed E-state index contributed by atoms with van der Waals surface area (Å²) in [6.45, 7) is 7.45. The highest BCUT2D eigenvalue weighted by Gasteiger charge is 2.33. The van der Waals surface area contributed by atoms with Crippen LogP contribution >= 0.6 is 7.82 Å². The Morgan fingerprint density at radius 1 is 1.21 bits per heavy atom. The van der Waals surface area contributed by atoms with Crippen LogP contribution in [-0.4, -0.2) is 39.2 Å². The fourth-order valence-corrected chi connectivity index (χ4v) is 3.90. The highest BCUT2D eigenvalue weighted by Crippen LogP contribution is 2.41. The van der Waals surface area contributed by atoms with Gasteiger partial charge in [0.1, 0.15) is 6.10 Å². The minimum Gasteiger partial charge on any atom is -0.458 e. The summed E-state index contributed by atoms with van der Waals surface area (Å²) in [5.41, 5.74) is 0. The Morgan fingerprint density at radius 2 is 1.86 bits per heavy atom. The molecule has 6 atom stereocenters. The first-order valence-electron chi connectivity index (χ1n) is 9.82. The van der Waals surface area contributed by atoms with Gasteiger partial charge in [-0.3, -0.25) is 4.52 Å². The second-order valence-electron chi connectivity index (χ2n) is 7.45. The molecule has 0 saturated carbocycles. The Hall–Kier alpha value is -1.50. The van der Waals surface area contributed by atoms with Crippen LogP contribution in [-0.2, 0) is 18.6 Å². The maximum Gasteiger partial charge on any atom is 0.469 e. The summed E-state index contributed by atoms with van der Waals surface area (Å²) in [6, 6.07) is 0. The van der Waals surface area contributed by atoms with Crippen LogP contribution in [0.2, 0.25) is 0 Å². The van der Waals surface area contributed by atoms with Crippen LogP contribution < -0.4 is 0 Å². The van der Waals surface area contributed by atoms with Crippen LogP contribution in [0.15, 0.2) is 48.6 Å². The SMILES string of the molecule is C/C=C/C=C/C=C\[C@H](O)[C@H](C)[C@H](CC[C@H](C)[C@@H]1OC(=O)C=C[C@H]1C)OP(=O)(O)O. The molecule has 29 heavy (non-hydrogen) atoms. The monoisotopic (exact) mass is 428 g/mol. The molecule has 0 unspecified atom stereocenters. The summed E-state index contributed by atoms with van der Waals surface area (Å²) in [6.07, 6.45) is 12.4. The average molecular weight is 428 g/mol. The highest BCUT2D eigenvalue weighted by atomic mass is 31.2. The molecule has 8 heteroatoms. The van der Waals surface area contributed by atoms with Gasteiger partial charge in [-0.2, -0.15) is 0 Å². The van der Waals surface area contributed by atoms with Gasteiger partial charge in [-0.25, -0.2) is 9.36 Å². The summed E-state index contributed by atoms with van der Waals surface area (Å²) in [7, 11) is -4.73. The number of rotatable bonds is 11. The number of ether oxygens (including phenoxy) is 1. The van der Waals surface area contributed by atoms with Crippen LogP contribution in [0.3, 0.4) is 0 Å². The van der Waals surface area contributed by atoms with Gasteiger partial charge < -0.3 is 19.6 Å². The summed E-state index contributed by atoms with van der Waals surface area (Å²) in [5, 5.41) is 10.4. The van der Waals surface area contributed by atoms with Gasteiger partial charge in [0, 0.05) is 17.9 Å². The number of carbonyl (C=O) groups excluding carboxylic acids is 1. The second kappa shape index (κ2) is 12.3. The zero-order valence-electron chi connectivity index (χ0n) is 17.4. The smallest absolute Gasteiger partial charge is 0.458 e. The first-order valence-corrected chi connectivity index (χ1v) is 11.3. The Labute approximate surface area is 173 Å². The van der Waals surface area contributed by atoms with Crippen molar-refractivity contribution in [1.29, 1.82) is 0 Å². The first kappa shape index (κ1) is 25.5. The molecular weight excluding hydrogens is 395 g/mol. The van der Waals surface area contributed by atoms with Gasteiger partial charge in [0.05, 0.1) is 12.2 Å². The molecule has 0 saturated heterocycles. The van der Waals surface area contributed by atoms with Gasteiger partial charge in [-0.1, -0.05) is 63.3 Å². The third-order valence-electron chi connectivity index (χ3n) is 5.01. The number of hydrogen-bond acceptors (Lipinski definition) is 5. The zero-order valence-corrected chi connectivity index (χ0v) is 18.3. The van der Waals surface area contributed by atoms with E-state index >= 15 is 0 Å². The minimum absolute atomic E-state index is 0.0366. The standard InChI is InChI=1S/C21H33O7P/c1-5-6-7-8-9-10-18(22)17(4)19(28-29(24,25)26)13-11-15(2)21-16(3)12-14-20(23)27-21/h5-10,12,14-19,21-22H,11,13H2,1-4H3,(H2,24,25,26)/b6-5+,8-7+,10-9-/t15-,16+,17-,18-,19-,21-/m0/s1. The van der Waals surface area contributed by atoms with Crippen LogP contribution in [0, 0.1) is 17.8 Å².